The van der Waals surface area contributed by atoms with Gasteiger partial charge in [0.2, 0.25) is 0 Å². The van der Waals surface area contributed by atoms with E-state index >= 15 is 0 Å². The van der Waals surface area contributed by atoms with E-state index in [4.69, 9.17) is 4.74 Å². The van der Waals surface area contributed by atoms with Gasteiger partial charge in [0.1, 0.15) is 0 Å². The van der Waals surface area contributed by atoms with Crippen molar-refractivity contribution in [3.63, 3.8) is 0 Å². The molecule has 18 heavy (non-hydrogen) atoms. The molecule has 4 heteroatoms. The molecule has 1 N–H and O–H groups in total. The third-order valence-corrected chi connectivity index (χ3v) is 5.09. The summed E-state index contributed by atoms with van der Waals surface area (Å²) < 4.78 is 5.37. The van der Waals surface area contributed by atoms with Crippen LogP contribution in [0.5, 0.6) is 0 Å². The highest BCUT2D eigenvalue weighted by atomic mass is 32.1. The molecule has 100 valence electrons. The Morgan fingerprint density at radius 3 is 3.06 bits per heavy atom. The maximum atomic E-state index is 5.37. The van der Waals surface area contributed by atoms with Crippen molar-refractivity contribution in [3.8, 4) is 0 Å². The molecular weight excluding hydrogens is 244 g/mol. The summed E-state index contributed by atoms with van der Waals surface area (Å²) in [7, 11) is 0. The zero-order valence-electron chi connectivity index (χ0n) is 10.9. The van der Waals surface area contributed by atoms with Crippen molar-refractivity contribution in [1.29, 1.82) is 0 Å². The summed E-state index contributed by atoms with van der Waals surface area (Å²) in [4.78, 5) is 5.73. The first-order valence-corrected chi connectivity index (χ1v) is 7.85. The molecule has 0 radical (unpaired) electrons. The summed E-state index contributed by atoms with van der Waals surface area (Å²) in [6.45, 7) is 7.52. The van der Waals surface area contributed by atoms with Gasteiger partial charge in [-0.25, -0.2) is 0 Å². The highest BCUT2D eigenvalue weighted by molar-refractivity contribution is 7.12. The molecule has 2 aliphatic rings. The Morgan fingerprint density at radius 2 is 2.22 bits per heavy atom. The van der Waals surface area contributed by atoms with E-state index in [-0.39, 0.29) is 0 Å². The van der Waals surface area contributed by atoms with Gasteiger partial charge in [0.15, 0.2) is 0 Å². The van der Waals surface area contributed by atoms with Crippen LogP contribution in [0.25, 0.3) is 0 Å². The standard InChI is InChI=1S/C14H22N2OS/c1(5-16-6-8-17-9-7-16)2-13-10-12-11-15-4-3-14(12)18-13/h10,15H,1-9,11H2. The lowest BCUT2D eigenvalue weighted by atomic mass is 10.1. The maximum absolute atomic E-state index is 5.37. The van der Waals surface area contributed by atoms with Crippen molar-refractivity contribution in [2.75, 3.05) is 39.4 Å². The molecule has 3 rings (SSSR count). The minimum atomic E-state index is 0.916. The fourth-order valence-corrected chi connectivity index (χ4v) is 3.97. The summed E-state index contributed by atoms with van der Waals surface area (Å²) in [6.07, 6.45) is 3.76. The number of fused-ring (bicyclic) bond motifs is 1. The maximum Gasteiger partial charge on any atom is 0.0594 e. The summed E-state index contributed by atoms with van der Waals surface area (Å²) >= 11 is 2.04. The molecule has 0 aliphatic carbocycles. The van der Waals surface area contributed by atoms with Gasteiger partial charge in [0.25, 0.3) is 0 Å². The third kappa shape index (κ3) is 3.12. The molecule has 0 unspecified atom stereocenters. The van der Waals surface area contributed by atoms with Gasteiger partial charge in [0.05, 0.1) is 13.2 Å². The fourth-order valence-electron chi connectivity index (χ4n) is 2.74. The predicted octanol–water partition coefficient (Wildman–Crippen LogP) is 1.66. The Hall–Kier alpha value is -0.420. The van der Waals surface area contributed by atoms with Gasteiger partial charge < -0.3 is 10.1 Å². The van der Waals surface area contributed by atoms with Gasteiger partial charge >= 0.3 is 0 Å². The van der Waals surface area contributed by atoms with Crippen LogP contribution in [0.1, 0.15) is 21.7 Å². The molecule has 0 amide bonds. The van der Waals surface area contributed by atoms with Crippen molar-refractivity contribution in [3.05, 3.63) is 21.4 Å². The Morgan fingerprint density at radius 1 is 1.33 bits per heavy atom. The number of thiophene rings is 1. The molecule has 0 aromatic carbocycles. The average molecular weight is 266 g/mol. The van der Waals surface area contributed by atoms with E-state index in [2.05, 4.69) is 16.3 Å². The van der Waals surface area contributed by atoms with Crippen LogP contribution < -0.4 is 5.32 Å². The second-order valence-electron chi connectivity index (χ2n) is 5.15. The molecule has 1 aromatic rings. The first-order valence-electron chi connectivity index (χ1n) is 7.03. The van der Waals surface area contributed by atoms with Gasteiger partial charge in [-0.15, -0.1) is 11.3 Å². The molecule has 1 fully saturated rings. The predicted molar refractivity (Wildman–Crippen MR) is 75.3 cm³/mol. The van der Waals surface area contributed by atoms with E-state index in [1.54, 1.807) is 15.3 Å². The summed E-state index contributed by atoms with van der Waals surface area (Å²) in [5.41, 5.74) is 1.55. The van der Waals surface area contributed by atoms with E-state index in [0.717, 1.165) is 39.4 Å². The largest absolute Gasteiger partial charge is 0.379 e. The number of aryl methyl sites for hydroxylation is 1. The second kappa shape index (κ2) is 6.15. The van der Waals surface area contributed by atoms with Gasteiger partial charge in [-0.05, 0) is 37.4 Å². The molecule has 3 nitrogen and oxygen atoms in total. The van der Waals surface area contributed by atoms with E-state index < -0.39 is 0 Å². The van der Waals surface area contributed by atoms with Gasteiger partial charge in [0, 0.05) is 35.9 Å². The SMILES string of the molecule is c1c(CCCN2CCOCC2)sc2c1CNCC2. The van der Waals surface area contributed by atoms with Crippen molar-refractivity contribution in [1.82, 2.24) is 10.2 Å². The first kappa shape index (κ1) is 12.6. The molecule has 0 saturated carbocycles. The van der Waals surface area contributed by atoms with Gasteiger partial charge in [-0.3, -0.25) is 4.90 Å². The van der Waals surface area contributed by atoms with Crippen LogP contribution in [0, 0.1) is 0 Å². The normalized spacial score (nSPS) is 20.9. The van der Waals surface area contributed by atoms with E-state index in [1.807, 2.05) is 11.3 Å². The Balaban J connectivity index is 1.46. The quantitative estimate of drug-likeness (QED) is 0.897. The van der Waals surface area contributed by atoms with Gasteiger partial charge in [-0.1, -0.05) is 0 Å². The minimum Gasteiger partial charge on any atom is -0.379 e. The van der Waals surface area contributed by atoms with Crippen molar-refractivity contribution in [2.45, 2.75) is 25.8 Å². The molecule has 1 saturated heterocycles. The molecule has 0 bridgehead atoms. The smallest absolute Gasteiger partial charge is 0.0594 e. The average Bonchev–Trinajstić information content (AvgIpc) is 2.82. The number of hydrogen-bond acceptors (Lipinski definition) is 4. The number of rotatable bonds is 4. The minimum absolute atomic E-state index is 0.916. The Labute approximate surface area is 113 Å². The van der Waals surface area contributed by atoms with E-state index in [1.165, 1.54) is 25.8 Å². The van der Waals surface area contributed by atoms with Crippen LogP contribution >= 0.6 is 11.3 Å². The highest BCUT2D eigenvalue weighted by Gasteiger charge is 2.13. The van der Waals surface area contributed by atoms with Crippen LogP contribution in [0.15, 0.2) is 6.07 Å². The topological polar surface area (TPSA) is 24.5 Å². The van der Waals surface area contributed by atoms with Crippen molar-refractivity contribution in [2.24, 2.45) is 0 Å². The highest BCUT2D eigenvalue weighted by Crippen LogP contribution is 2.26. The lowest BCUT2D eigenvalue weighted by Crippen LogP contribution is -2.36. The van der Waals surface area contributed by atoms with Crippen molar-refractivity contribution >= 4 is 11.3 Å². The molecule has 3 heterocycles. The van der Waals surface area contributed by atoms with Crippen LogP contribution in [0.2, 0.25) is 0 Å². The van der Waals surface area contributed by atoms with E-state index in [9.17, 15) is 0 Å². The Bertz CT molecular complexity index is 362. The molecule has 2 aliphatic heterocycles. The lowest BCUT2D eigenvalue weighted by Gasteiger charge is -2.26. The number of nitrogens with one attached hydrogen (secondary N) is 1. The van der Waals surface area contributed by atoms with Crippen LogP contribution in [0.3, 0.4) is 0 Å². The summed E-state index contributed by atoms with van der Waals surface area (Å²) in [6, 6.07) is 2.42. The third-order valence-electron chi connectivity index (χ3n) is 3.79. The lowest BCUT2D eigenvalue weighted by molar-refractivity contribution is 0.0375. The number of ether oxygens (including phenoxy) is 1. The van der Waals surface area contributed by atoms with Crippen molar-refractivity contribution < 1.29 is 4.74 Å². The Kier molecular flexibility index (Phi) is 4.31. The van der Waals surface area contributed by atoms with Crippen LogP contribution in [-0.4, -0.2) is 44.3 Å². The molecular formula is C14H22N2OS. The van der Waals surface area contributed by atoms with Crippen LogP contribution in [-0.2, 0) is 24.1 Å². The number of morpholine rings is 1. The van der Waals surface area contributed by atoms with Gasteiger partial charge in [-0.2, -0.15) is 0 Å². The fraction of sp³-hybridized carbons (Fsp3) is 0.714. The summed E-state index contributed by atoms with van der Waals surface area (Å²) in [5.74, 6) is 0. The van der Waals surface area contributed by atoms with Crippen LogP contribution in [0.4, 0.5) is 0 Å². The zero-order chi connectivity index (χ0) is 12.2. The first-order chi connectivity index (χ1) is 8.92. The second-order valence-corrected chi connectivity index (χ2v) is 6.37. The van der Waals surface area contributed by atoms with E-state index in [0.29, 0.717) is 0 Å². The summed E-state index contributed by atoms with van der Waals surface area (Å²) in [5, 5.41) is 3.45. The number of nitrogens with zero attached hydrogens (tertiary/aromatic N) is 1. The zero-order valence-corrected chi connectivity index (χ0v) is 11.7. The molecule has 1 aromatic heterocycles. The molecule has 0 atom stereocenters. The monoisotopic (exact) mass is 266 g/mol. The number of hydrogen-bond donors (Lipinski definition) is 1. The molecule has 0 spiro atoms.